The van der Waals surface area contributed by atoms with Gasteiger partial charge in [0.25, 0.3) is 0 Å². The molecular formula is C30H32S. The van der Waals surface area contributed by atoms with E-state index >= 15 is 0 Å². The lowest BCUT2D eigenvalue weighted by Crippen LogP contribution is -2.09. The van der Waals surface area contributed by atoms with Gasteiger partial charge in [0.2, 0.25) is 0 Å². The zero-order valence-corrected chi connectivity index (χ0v) is 19.8. The largest absolute Gasteiger partial charge is 0.0955 e. The van der Waals surface area contributed by atoms with Crippen LogP contribution in [0.15, 0.2) is 116 Å². The molecule has 1 heterocycles. The first-order valence-corrected chi connectivity index (χ1v) is 12.5. The summed E-state index contributed by atoms with van der Waals surface area (Å²) in [7, 11) is 0. The van der Waals surface area contributed by atoms with Crippen LogP contribution in [0.3, 0.4) is 0 Å². The fourth-order valence-corrected chi connectivity index (χ4v) is 6.88. The van der Waals surface area contributed by atoms with E-state index in [1.807, 2.05) is 11.8 Å². The van der Waals surface area contributed by atoms with Gasteiger partial charge in [-0.2, -0.15) is 0 Å². The van der Waals surface area contributed by atoms with E-state index in [0.717, 1.165) is 18.4 Å². The van der Waals surface area contributed by atoms with Crippen molar-refractivity contribution in [3.63, 3.8) is 0 Å². The van der Waals surface area contributed by atoms with Crippen LogP contribution < -0.4 is 0 Å². The van der Waals surface area contributed by atoms with Gasteiger partial charge in [0.1, 0.15) is 0 Å². The molecule has 3 atom stereocenters. The summed E-state index contributed by atoms with van der Waals surface area (Å²) in [6, 6.07) is 0. The van der Waals surface area contributed by atoms with Crippen LogP contribution in [0.5, 0.6) is 0 Å². The maximum atomic E-state index is 4.25. The average molecular weight is 425 g/mol. The third-order valence-corrected chi connectivity index (χ3v) is 8.44. The van der Waals surface area contributed by atoms with E-state index in [-0.39, 0.29) is 5.92 Å². The molecule has 0 fully saturated rings. The van der Waals surface area contributed by atoms with Crippen molar-refractivity contribution in [1.82, 2.24) is 0 Å². The summed E-state index contributed by atoms with van der Waals surface area (Å²) in [6.07, 6.45) is 28.4. The molecule has 1 aliphatic heterocycles. The zero-order chi connectivity index (χ0) is 21.5. The maximum absolute atomic E-state index is 4.25. The SMILES string of the molecule is C=C(C)C1=CC(C2=C(C)C[C@H](C)C=C2)C=C(C2=C3SC4=C(CCC=C4)C3CC=C2)C=C1. The van der Waals surface area contributed by atoms with Crippen LogP contribution in [0.1, 0.15) is 46.5 Å². The number of thioether (sulfide) groups is 1. The van der Waals surface area contributed by atoms with Crippen molar-refractivity contribution < 1.29 is 0 Å². The third-order valence-electron chi connectivity index (χ3n) is 7.09. The third kappa shape index (κ3) is 3.89. The highest BCUT2D eigenvalue weighted by molar-refractivity contribution is 8.07. The fourth-order valence-electron chi connectivity index (χ4n) is 5.43. The fraction of sp³-hybridized carbons (Fsp3) is 0.333. The summed E-state index contributed by atoms with van der Waals surface area (Å²) >= 11 is 2.02. The van der Waals surface area contributed by atoms with E-state index in [2.05, 4.69) is 88.1 Å². The normalized spacial score (nSPS) is 29.7. The van der Waals surface area contributed by atoms with Crippen LogP contribution in [-0.4, -0.2) is 0 Å². The zero-order valence-electron chi connectivity index (χ0n) is 18.9. The van der Waals surface area contributed by atoms with Gasteiger partial charge in [-0.05, 0) is 73.3 Å². The van der Waals surface area contributed by atoms with Gasteiger partial charge >= 0.3 is 0 Å². The molecule has 0 radical (unpaired) electrons. The molecular weight excluding hydrogens is 392 g/mol. The van der Waals surface area contributed by atoms with Gasteiger partial charge in [-0.3, -0.25) is 0 Å². The van der Waals surface area contributed by atoms with E-state index < -0.39 is 0 Å². The molecule has 0 saturated heterocycles. The molecule has 4 aliphatic carbocycles. The van der Waals surface area contributed by atoms with E-state index in [1.165, 1.54) is 45.6 Å². The van der Waals surface area contributed by atoms with Crippen LogP contribution in [0.25, 0.3) is 0 Å². The van der Waals surface area contributed by atoms with Crippen molar-refractivity contribution >= 4 is 11.8 Å². The molecule has 5 rings (SSSR count). The lowest BCUT2D eigenvalue weighted by molar-refractivity contribution is 0.688. The van der Waals surface area contributed by atoms with E-state index in [4.69, 9.17) is 0 Å². The molecule has 158 valence electrons. The van der Waals surface area contributed by atoms with Gasteiger partial charge < -0.3 is 0 Å². The predicted octanol–water partition coefficient (Wildman–Crippen LogP) is 8.69. The van der Waals surface area contributed by atoms with Crippen LogP contribution in [0, 0.1) is 17.8 Å². The van der Waals surface area contributed by atoms with Crippen molar-refractivity contribution in [1.29, 1.82) is 0 Å². The minimum atomic E-state index is 0.288. The lowest BCUT2D eigenvalue weighted by atomic mass is 9.81. The first-order chi connectivity index (χ1) is 15.0. The van der Waals surface area contributed by atoms with Crippen molar-refractivity contribution in [2.45, 2.75) is 46.5 Å². The highest BCUT2D eigenvalue weighted by Crippen LogP contribution is 2.54. The number of hydrogen-bond donors (Lipinski definition) is 0. The molecule has 0 nitrogen and oxygen atoms in total. The summed E-state index contributed by atoms with van der Waals surface area (Å²) in [6.45, 7) is 11.0. The summed E-state index contributed by atoms with van der Waals surface area (Å²) in [5, 5.41) is 0. The summed E-state index contributed by atoms with van der Waals surface area (Å²) in [5.41, 5.74) is 9.81. The van der Waals surface area contributed by atoms with Crippen LogP contribution in [0.2, 0.25) is 0 Å². The van der Waals surface area contributed by atoms with Crippen molar-refractivity contribution in [2.75, 3.05) is 0 Å². The monoisotopic (exact) mass is 424 g/mol. The Morgan fingerprint density at radius 1 is 1.06 bits per heavy atom. The summed E-state index contributed by atoms with van der Waals surface area (Å²) in [4.78, 5) is 3.07. The highest BCUT2D eigenvalue weighted by atomic mass is 32.2. The average Bonchev–Trinajstić information content (AvgIpc) is 2.98. The quantitative estimate of drug-likeness (QED) is 0.436. The smallest absolute Gasteiger partial charge is 0.0215 e. The second-order valence-electron chi connectivity index (χ2n) is 9.56. The second-order valence-corrected chi connectivity index (χ2v) is 10.6. The Bertz CT molecular complexity index is 1100. The molecule has 0 N–H and O–H groups in total. The predicted molar refractivity (Wildman–Crippen MR) is 136 cm³/mol. The standard InChI is InChI=1S/C30H32S/c1-19(2)22-13-14-23(18-24(17-22)25-15-12-20(3)16-21(25)4)26-9-7-10-28-27-8-5-6-11-29(27)31-30(26)28/h6-7,9,11-15,17-18,20,24,28H,1,5,8,10,16H2,2-4H3/t20-,24?,28?/m1/s1. The van der Waals surface area contributed by atoms with Crippen molar-refractivity contribution in [3.8, 4) is 0 Å². The lowest BCUT2D eigenvalue weighted by Gasteiger charge is -2.24. The topological polar surface area (TPSA) is 0 Å². The first kappa shape index (κ1) is 20.6. The van der Waals surface area contributed by atoms with E-state index in [9.17, 15) is 0 Å². The van der Waals surface area contributed by atoms with Gasteiger partial charge in [-0.25, -0.2) is 0 Å². The van der Waals surface area contributed by atoms with Crippen molar-refractivity contribution in [3.05, 3.63) is 116 Å². The molecule has 0 saturated carbocycles. The second kappa shape index (κ2) is 8.36. The molecule has 0 spiro atoms. The van der Waals surface area contributed by atoms with E-state index in [0.29, 0.717) is 11.8 Å². The molecule has 5 aliphatic rings. The molecule has 0 bridgehead atoms. The maximum Gasteiger partial charge on any atom is 0.0215 e. The summed E-state index contributed by atoms with van der Waals surface area (Å²) in [5.74, 6) is 1.51. The van der Waals surface area contributed by atoms with Gasteiger partial charge in [0.05, 0.1) is 0 Å². The van der Waals surface area contributed by atoms with Crippen LogP contribution in [-0.2, 0) is 0 Å². The number of rotatable bonds is 3. The molecule has 0 aromatic carbocycles. The molecule has 0 amide bonds. The number of allylic oxidation sites excluding steroid dienone is 18. The van der Waals surface area contributed by atoms with Crippen LogP contribution >= 0.6 is 11.8 Å². The molecule has 0 aromatic heterocycles. The highest BCUT2D eigenvalue weighted by Gasteiger charge is 2.34. The van der Waals surface area contributed by atoms with Gasteiger partial charge in [-0.1, -0.05) is 97.2 Å². The number of hydrogen-bond acceptors (Lipinski definition) is 1. The Labute approximate surface area is 192 Å². The number of fused-ring (bicyclic) bond motifs is 2. The van der Waals surface area contributed by atoms with E-state index in [1.54, 1.807) is 10.5 Å². The van der Waals surface area contributed by atoms with Gasteiger partial charge in [0, 0.05) is 21.6 Å². The van der Waals surface area contributed by atoms with Crippen molar-refractivity contribution in [2.24, 2.45) is 17.8 Å². The first-order valence-electron chi connectivity index (χ1n) is 11.6. The van der Waals surface area contributed by atoms with Crippen LogP contribution in [0.4, 0.5) is 0 Å². The Kier molecular flexibility index (Phi) is 5.56. The molecule has 2 unspecified atom stereocenters. The minimum absolute atomic E-state index is 0.288. The Morgan fingerprint density at radius 2 is 1.94 bits per heavy atom. The molecule has 1 heteroatoms. The Hall–Kier alpha value is -2.25. The Morgan fingerprint density at radius 3 is 2.74 bits per heavy atom. The Balaban J connectivity index is 1.58. The summed E-state index contributed by atoms with van der Waals surface area (Å²) < 4.78 is 0. The van der Waals surface area contributed by atoms with Gasteiger partial charge in [0.15, 0.2) is 0 Å². The van der Waals surface area contributed by atoms with Gasteiger partial charge in [-0.15, -0.1) is 0 Å². The minimum Gasteiger partial charge on any atom is -0.0955 e. The molecule has 0 aromatic rings. The molecule has 31 heavy (non-hydrogen) atoms.